The number of ether oxygens (including phenoxy) is 2. The van der Waals surface area contributed by atoms with Gasteiger partial charge in [0.05, 0.1) is 24.8 Å². The summed E-state index contributed by atoms with van der Waals surface area (Å²) in [5.41, 5.74) is 20.8. The fourth-order valence-electron chi connectivity index (χ4n) is 4.29. The number of phenolic OH excluding ortho intramolecular Hbond substituents is 2. The zero-order valence-corrected chi connectivity index (χ0v) is 20.8. The minimum Gasteiger partial charge on any atom is -0.504 e. The number of nitrogens with zero attached hydrogens (tertiary/aromatic N) is 2. The molecule has 34 heavy (non-hydrogen) atoms. The molecule has 9 nitrogen and oxygen atoms in total. The first-order chi connectivity index (χ1) is 16.3. The number of thioether (sulfide) groups is 2. The van der Waals surface area contributed by atoms with Crippen molar-refractivity contribution in [2.45, 2.75) is 33.1 Å². The molecule has 2 aromatic carbocycles. The van der Waals surface area contributed by atoms with Crippen LogP contribution in [0.2, 0.25) is 0 Å². The van der Waals surface area contributed by atoms with Gasteiger partial charge in [-0.1, -0.05) is 23.5 Å². The molecule has 2 aliphatic heterocycles. The zero-order valence-electron chi connectivity index (χ0n) is 19.1. The number of hydrogen-bond donors (Lipinski definition) is 5. The van der Waals surface area contributed by atoms with Gasteiger partial charge in [-0.15, -0.1) is 0 Å². The van der Waals surface area contributed by atoms with Crippen molar-refractivity contribution in [1.29, 1.82) is 0 Å². The van der Waals surface area contributed by atoms with Gasteiger partial charge < -0.3 is 36.9 Å². The lowest BCUT2D eigenvalue weighted by atomic mass is 9.93. The SMILES string of the molecule is COc1cc(CCN)c2c(c1OC)SC(CCN=C(N)N)(C1=NCCc3cc(O)c(O)cc31)S2. The molecule has 8 N–H and O–H groups in total. The Balaban J connectivity index is 1.88. The molecule has 0 saturated heterocycles. The van der Waals surface area contributed by atoms with E-state index >= 15 is 0 Å². The van der Waals surface area contributed by atoms with Crippen LogP contribution >= 0.6 is 23.5 Å². The fourth-order valence-corrected chi connectivity index (χ4v) is 7.77. The number of phenols is 2. The number of hydrogen-bond acceptors (Lipinski definition) is 9. The Morgan fingerprint density at radius 1 is 1.12 bits per heavy atom. The Labute approximate surface area is 206 Å². The van der Waals surface area contributed by atoms with Crippen LogP contribution in [-0.4, -0.2) is 59.8 Å². The lowest BCUT2D eigenvalue weighted by molar-refractivity contribution is 0.345. The second-order valence-corrected chi connectivity index (χ2v) is 10.8. The maximum Gasteiger partial charge on any atom is 0.185 e. The number of nitrogens with two attached hydrogens (primary N) is 3. The maximum atomic E-state index is 10.3. The van der Waals surface area contributed by atoms with Crippen molar-refractivity contribution < 1.29 is 19.7 Å². The summed E-state index contributed by atoms with van der Waals surface area (Å²) in [5.74, 6) is 1.01. The number of rotatable bonds is 8. The van der Waals surface area contributed by atoms with Crippen LogP contribution in [0.15, 0.2) is 38.0 Å². The van der Waals surface area contributed by atoms with E-state index in [9.17, 15) is 10.2 Å². The third-order valence-electron chi connectivity index (χ3n) is 5.81. The molecule has 0 aromatic heterocycles. The molecule has 4 rings (SSSR count). The highest BCUT2D eigenvalue weighted by molar-refractivity contribution is 8.22. The summed E-state index contributed by atoms with van der Waals surface area (Å²) in [6.45, 7) is 1.45. The normalized spacial score (nSPS) is 18.6. The lowest BCUT2D eigenvalue weighted by Gasteiger charge is -2.32. The fraction of sp³-hybridized carbons (Fsp3) is 0.391. The first kappa shape index (κ1) is 24.4. The van der Waals surface area contributed by atoms with Crippen molar-refractivity contribution in [2.75, 3.05) is 33.9 Å². The number of benzene rings is 2. The van der Waals surface area contributed by atoms with Crippen molar-refractivity contribution in [3.63, 3.8) is 0 Å². The molecule has 0 radical (unpaired) electrons. The van der Waals surface area contributed by atoms with Gasteiger partial charge >= 0.3 is 0 Å². The molecular weight excluding hydrogens is 474 g/mol. The van der Waals surface area contributed by atoms with Gasteiger partial charge in [0.25, 0.3) is 0 Å². The first-order valence-corrected chi connectivity index (χ1v) is 12.5. The standard InChI is InChI=1S/C23H29N5O4S2/c1-31-17-10-13(3-6-24)19-20(18(17)32-2)34-23(33-19,5-8-28-22(25)26)21-14-11-16(30)15(29)9-12(14)4-7-27-21/h9-11,29-30H,3-8,24H2,1-2H3,(H4,25,26,28). The molecular formula is C23H29N5O4S2. The van der Waals surface area contributed by atoms with Crippen LogP contribution in [-0.2, 0) is 12.8 Å². The average molecular weight is 504 g/mol. The van der Waals surface area contributed by atoms with Gasteiger partial charge in [0.2, 0.25) is 0 Å². The van der Waals surface area contributed by atoms with Gasteiger partial charge in [0.15, 0.2) is 29.0 Å². The van der Waals surface area contributed by atoms with E-state index in [4.69, 9.17) is 31.7 Å². The van der Waals surface area contributed by atoms with Gasteiger partial charge in [-0.3, -0.25) is 9.98 Å². The van der Waals surface area contributed by atoms with E-state index in [2.05, 4.69) is 4.99 Å². The first-order valence-electron chi connectivity index (χ1n) is 10.8. The van der Waals surface area contributed by atoms with Crippen LogP contribution in [0.4, 0.5) is 0 Å². The molecule has 0 spiro atoms. The highest BCUT2D eigenvalue weighted by Gasteiger charge is 2.48. The minimum atomic E-state index is -0.594. The molecule has 2 heterocycles. The summed E-state index contributed by atoms with van der Waals surface area (Å²) in [5, 5.41) is 20.4. The van der Waals surface area contributed by atoms with Gasteiger partial charge in [-0.25, -0.2) is 0 Å². The Morgan fingerprint density at radius 2 is 1.85 bits per heavy atom. The average Bonchev–Trinajstić information content (AvgIpc) is 3.19. The van der Waals surface area contributed by atoms with E-state index in [-0.39, 0.29) is 17.5 Å². The second-order valence-electron chi connectivity index (χ2n) is 7.96. The third kappa shape index (κ3) is 4.35. The van der Waals surface area contributed by atoms with Gasteiger partial charge in [-0.2, -0.15) is 0 Å². The summed E-state index contributed by atoms with van der Waals surface area (Å²) in [4.78, 5) is 11.2. The topological polar surface area (TPSA) is 162 Å². The van der Waals surface area contributed by atoms with E-state index in [0.29, 0.717) is 50.4 Å². The maximum absolute atomic E-state index is 10.3. The predicted molar refractivity (Wildman–Crippen MR) is 137 cm³/mol. The molecule has 0 bridgehead atoms. The highest BCUT2D eigenvalue weighted by Crippen LogP contribution is 2.64. The van der Waals surface area contributed by atoms with Crippen LogP contribution in [0, 0.1) is 0 Å². The largest absolute Gasteiger partial charge is 0.504 e. The molecule has 1 atom stereocenters. The molecule has 1 unspecified atom stereocenters. The van der Waals surface area contributed by atoms with Crippen molar-refractivity contribution in [2.24, 2.45) is 27.2 Å². The smallest absolute Gasteiger partial charge is 0.185 e. The summed E-state index contributed by atoms with van der Waals surface area (Å²) in [6, 6.07) is 5.18. The van der Waals surface area contributed by atoms with E-state index < -0.39 is 4.08 Å². The number of guanidine groups is 1. The summed E-state index contributed by atoms with van der Waals surface area (Å²) >= 11 is 3.30. The monoisotopic (exact) mass is 503 g/mol. The zero-order chi connectivity index (χ0) is 24.5. The number of fused-ring (bicyclic) bond motifs is 2. The Hall–Kier alpha value is -2.76. The van der Waals surface area contributed by atoms with Gasteiger partial charge in [0, 0.05) is 23.5 Å². The molecule has 182 valence electrons. The molecule has 2 aliphatic rings. The summed E-state index contributed by atoms with van der Waals surface area (Å²) in [7, 11) is 3.24. The summed E-state index contributed by atoms with van der Waals surface area (Å²) < 4.78 is 10.8. The van der Waals surface area contributed by atoms with E-state index in [0.717, 1.165) is 32.2 Å². The molecule has 0 saturated carbocycles. The van der Waals surface area contributed by atoms with Crippen molar-refractivity contribution in [3.05, 3.63) is 34.9 Å². The highest BCUT2D eigenvalue weighted by atomic mass is 32.2. The molecule has 0 aliphatic carbocycles. The second kappa shape index (κ2) is 9.85. The van der Waals surface area contributed by atoms with E-state index in [1.54, 1.807) is 49.9 Å². The number of aromatic hydroxyl groups is 2. The van der Waals surface area contributed by atoms with Crippen molar-refractivity contribution >= 4 is 35.2 Å². The molecule has 0 fully saturated rings. The third-order valence-corrected chi connectivity index (χ3v) is 9.16. The molecule has 0 amide bonds. The quantitative estimate of drug-likeness (QED) is 0.206. The minimum absolute atomic E-state index is 0.0253. The van der Waals surface area contributed by atoms with Crippen LogP contribution < -0.4 is 26.7 Å². The number of aliphatic imine (C=N–C) groups is 2. The van der Waals surface area contributed by atoms with Crippen LogP contribution in [0.25, 0.3) is 0 Å². The van der Waals surface area contributed by atoms with Crippen LogP contribution in [0.1, 0.15) is 23.1 Å². The van der Waals surface area contributed by atoms with Crippen LogP contribution in [0.3, 0.4) is 0 Å². The Kier molecular flexibility index (Phi) is 7.06. The lowest BCUT2D eigenvalue weighted by Crippen LogP contribution is -2.35. The van der Waals surface area contributed by atoms with Crippen molar-refractivity contribution in [3.8, 4) is 23.0 Å². The molecule has 2 aromatic rings. The Bertz CT molecular complexity index is 1170. The predicted octanol–water partition coefficient (Wildman–Crippen LogP) is 2.22. The number of methoxy groups -OCH3 is 2. The van der Waals surface area contributed by atoms with E-state index in [1.165, 1.54) is 0 Å². The Morgan fingerprint density at radius 3 is 2.53 bits per heavy atom. The van der Waals surface area contributed by atoms with Crippen molar-refractivity contribution in [1.82, 2.24) is 0 Å². The van der Waals surface area contributed by atoms with Gasteiger partial charge in [0.1, 0.15) is 4.08 Å². The van der Waals surface area contributed by atoms with E-state index in [1.807, 2.05) is 6.07 Å². The van der Waals surface area contributed by atoms with Crippen LogP contribution in [0.5, 0.6) is 23.0 Å². The van der Waals surface area contributed by atoms with Gasteiger partial charge in [-0.05, 0) is 55.1 Å². The molecule has 11 heteroatoms. The summed E-state index contributed by atoms with van der Waals surface area (Å²) in [6.07, 6.45) is 1.93.